The van der Waals surface area contributed by atoms with Crippen LogP contribution in [-0.2, 0) is 0 Å². The van der Waals surface area contributed by atoms with E-state index in [-0.39, 0.29) is 0 Å². The Kier molecular flexibility index (Phi) is 4.65. The highest BCUT2D eigenvalue weighted by Crippen LogP contribution is 2.22. The summed E-state index contributed by atoms with van der Waals surface area (Å²) in [4.78, 5) is 2.53. The first-order valence-electron chi connectivity index (χ1n) is 7.26. The standard InChI is InChI=1S/C16H26N2/c1-4-9-17-15-6-5-10-18(12-15)16-8-7-13(2)14(3)11-16/h7-8,11,15,17H,4-6,9-10,12H2,1-3H3. The van der Waals surface area contributed by atoms with Crippen LogP contribution in [0.4, 0.5) is 5.69 Å². The minimum atomic E-state index is 0.667. The van der Waals surface area contributed by atoms with Crippen LogP contribution in [0.2, 0.25) is 0 Å². The van der Waals surface area contributed by atoms with Crippen LogP contribution >= 0.6 is 0 Å². The van der Waals surface area contributed by atoms with Crippen LogP contribution in [0.3, 0.4) is 0 Å². The number of hydrogen-bond donors (Lipinski definition) is 1. The van der Waals surface area contributed by atoms with Crippen molar-refractivity contribution in [2.75, 3.05) is 24.5 Å². The van der Waals surface area contributed by atoms with Crippen molar-refractivity contribution in [1.29, 1.82) is 0 Å². The average Bonchev–Trinajstić information content (AvgIpc) is 2.40. The summed E-state index contributed by atoms with van der Waals surface area (Å²) in [5.41, 5.74) is 4.17. The molecule has 1 fully saturated rings. The molecule has 0 bridgehead atoms. The third-order valence-electron chi connectivity index (χ3n) is 3.96. The summed E-state index contributed by atoms with van der Waals surface area (Å²) >= 11 is 0. The Balaban J connectivity index is 2.01. The van der Waals surface area contributed by atoms with Gasteiger partial charge in [0.1, 0.15) is 0 Å². The van der Waals surface area contributed by atoms with E-state index in [1.165, 1.54) is 42.6 Å². The van der Waals surface area contributed by atoms with Gasteiger partial charge in [0.15, 0.2) is 0 Å². The number of anilines is 1. The lowest BCUT2D eigenvalue weighted by atomic mass is 10.0. The molecular weight excluding hydrogens is 220 g/mol. The summed E-state index contributed by atoms with van der Waals surface area (Å²) in [5, 5.41) is 3.66. The summed E-state index contributed by atoms with van der Waals surface area (Å²) < 4.78 is 0. The lowest BCUT2D eigenvalue weighted by Crippen LogP contribution is -2.46. The van der Waals surface area contributed by atoms with Gasteiger partial charge in [-0.2, -0.15) is 0 Å². The number of hydrogen-bond acceptors (Lipinski definition) is 2. The van der Waals surface area contributed by atoms with Crippen molar-refractivity contribution in [3.8, 4) is 0 Å². The van der Waals surface area contributed by atoms with Crippen molar-refractivity contribution in [1.82, 2.24) is 5.32 Å². The highest BCUT2D eigenvalue weighted by molar-refractivity contribution is 5.51. The predicted molar refractivity (Wildman–Crippen MR) is 79.4 cm³/mol. The summed E-state index contributed by atoms with van der Waals surface area (Å²) in [6.45, 7) is 10.1. The monoisotopic (exact) mass is 246 g/mol. The maximum atomic E-state index is 3.66. The van der Waals surface area contributed by atoms with Gasteiger partial charge in [-0.3, -0.25) is 0 Å². The molecule has 0 spiro atoms. The maximum absolute atomic E-state index is 3.66. The molecule has 1 aromatic rings. The fourth-order valence-corrected chi connectivity index (χ4v) is 2.65. The smallest absolute Gasteiger partial charge is 0.0369 e. The van der Waals surface area contributed by atoms with Gasteiger partial charge in [0.25, 0.3) is 0 Å². The first-order valence-corrected chi connectivity index (χ1v) is 7.26. The van der Waals surface area contributed by atoms with E-state index in [4.69, 9.17) is 0 Å². The Morgan fingerprint density at radius 3 is 2.83 bits per heavy atom. The van der Waals surface area contributed by atoms with Crippen molar-refractivity contribution in [2.24, 2.45) is 0 Å². The van der Waals surface area contributed by atoms with Crippen LogP contribution in [0.15, 0.2) is 18.2 Å². The first-order chi connectivity index (χ1) is 8.70. The molecule has 0 aromatic heterocycles. The van der Waals surface area contributed by atoms with Gasteiger partial charge in [-0.1, -0.05) is 13.0 Å². The van der Waals surface area contributed by atoms with Crippen molar-refractivity contribution in [2.45, 2.75) is 46.1 Å². The molecule has 1 atom stereocenters. The van der Waals surface area contributed by atoms with Crippen LogP contribution < -0.4 is 10.2 Å². The molecule has 1 heterocycles. The molecule has 2 rings (SSSR count). The molecule has 1 unspecified atom stereocenters. The number of benzene rings is 1. The molecule has 1 aliphatic rings. The first kappa shape index (κ1) is 13.4. The van der Waals surface area contributed by atoms with Gasteiger partial charge in [-0.15, -0.1) is 0 Å². The number of aryl methyl sites for hydroxylation is 2. The minimum absolute atomic E-state index is 0.667. The molecule has 1 aliphatic heterocycles. The largest absolute Gasteiger partial charge is 0.370 e. The fourth-order valence-electron chi connectivity index (χ4n) is 2.65. The lowest BCUT2D eigenvalue weighted by molar-refractivity contribution is 0.423. The zero-order valence-corrected chi connectivity index (χ0v) is 12.0. The van der Waals surface area contributed by atoms with Crippen molar-refractivity contribution in [3.05, 3.63) is 29.3 Å². The quantitative estimate of drug-likeness (QED) is 0.877. The van der Waals surface area contributed by atoms with E-state index in [9.17, 15) is 0 Å². The van der Waals surface area contributed by atoms with E-state index in [0.29, 0.717) is 6.04 Å². The number of piperidine rings is 1. The van der Waals surface area contributed by atoms with Crippen LogP contribution in [0.1, 0.15) is 37.3 Å². The molecule has 1 N–H and O–H groups in total. The summed E-state index contributed by atoms with van der Waals surface area (Å²) in [5.74, 6) is 0. The zero-order chi connectivity index (χ0) is 13.0. The molecule has 18 heavy (non-hydrogen) atoms. The molecule has 0 saturated carbocycles. The Bertz CT molecular complexity index is 387. The van der Waals surface area contributed by atoms with Gasteiger partial charge in [0.05, 0.1) is 0 Å². The van der Waals surface area contributed by atoms with Crippen LogP contribution in [0.25, 0.3) is 0 Å². The highest BCUT2D eigenvalue weighted by atomic mass is 15.2. The van der Waals surface area contributed by atoms with Gasteiger partial charge >= 0.3 is 0 Å². The van der Waals surface area contributed by atoms with Crippen molar-refractivity contribution in [3.63, 3.8) is 0 Å². The third-order valence-corrected chi connectivity index (χ3v) is 3.96. The van der Waals surface area contributed by atoms with E-state index in [2.05, 4.69) is 49.2 Å². The lowest BCUT2D eigenvalue weighted by Gasteiger charge is -2.35. The van der Waals surface area contributed by atoms with Crippen molar-refractivity contribution >= 4 is 5.69 Å². The summed E-state index contributed by atoms with van der Waals surface area (Å²) in [6.07, 6.45) is 3.84. The molecular formula is C16H26N2. The second-order valence-electron chi connectivity index (χ2n) is 5.51. The van der Waals surface area contributed by atoms with E-state index in [0.717, 1.165) is 13.1 Å². The highest BCUT2D eigenvalue weighted by Gasteiger charge is 2.19. The van der Waals surface area contributed by atoms with E-state index < -0.39 is 0 Å². The van der Waals surface area contributed by atoms with Gasteiger partial charge in [-0.05, 0) is 62.9 Å². The molecule has 0 radical (unpaired) electrons. The van der Waals surface area contributed by atoms with Gasteiger partial charge in [0, 0.05) is 24.8 Å². The zero-order valence-electron chi connectivity index (χ0n) is 12.0. The Hall–Kier alpha value is -1.02. The van der Waals surface area contributed by atoms with Gasteiger partial charge in [-0.25, -0.2) is 0 Å². The maximum Gasteiger partial charge on any atom is 0.0369 e. The van der Waals surface area contributed by atoms with E-state index >= 15 is 0 Å². The molecule has 1 aromatic carbocycles. The van der Waals surface area contributed by atoms with Gasteiger partial charge in [0.2, 0.25) is 0 Å². The molecule has 2 nitrogen and oxygen atoms in total. The molecule has 0 amide bonds. The second kappa shape index (κ2) is 6.24. The molecule has 100 valence electrons. The number of nitrogens with one attached hydrogen (secondary N) is 1. The Morgan fingerprint density at radius 1 is 1.28 bits per heavy atom. The topological polar surface area (TPSA) is 15.3 Å². The molecule has 1 saturated heterocycles. The van der Waals surface area contributed by atoms with Gasteiger partial charge < -0.3 is 10.2 Å². The fraction of sp³-hybridized carbons (Fsp3) is 0.625. The van der Waals surface area contributed by atoms with Crippen LogP contribution in [0, 0.1) is 13.8 Å². The van der Waals surface area contributed by atoms with E-state index in [1.54, 1.807) is 0 Å². The van der Waals surface area contributed by atoms with E-state index in [1.807, 2.05) is 0 Å². The molecule has 0 aliphatic carbocycles. The number of rotatable bonds is 4. The van der Waals surface area contributed by atoms with Crippen molar-refractivity contribution < 1.29 is 0 Å². The Labute approximate surface area is 111 Å². The van der Waals surface area contributed by atoms with Crippen LogP contribution in [-0.4, -0.2) is 25.7 Å². The predicted octanol–water partition coefficient (Wildman–Crippen LogP) is 3.27. The Morgan fingerprint density at radius 2 is 2.11 bits per heavy atom. The second-order valence-corrected chi connectivity index (χ2v) is 5.51. The third kappa shape index (κ3) is 3.26. The summed E-state index contributed by atoms with van der Waals surface area (Å²) in [6, 6.07) is 7.51. The van der Waals surface area contributed by atoms with Crippen LogP contribution in [0.5, 0.6) is 0 Å². The SMILES string of the molecule is CCCNC1CCCN(c2ccc(C)c(C)c2)C1. The minimum Gasteiger partial charge on any atom is -0.370 e. The normalized spacial score (nSPS) is 20.2. The summed E-state index contributed by atoms with van der Waals surface area (Å²) in [7, 11) is 0. The average molecular weight is 246 g/mol. The number of nitrogens with zero attached hydrogens (tertiary/aromatic N) is 1. The molecule has 2 heteroatoms.